The number of ether oxygens (including phenoxy) is 1. The normalized spacial score (nSPS) is 39.8. The lowest BCUT2D eigenvalue weighted by Crippen LogP contribution is -2.43. The van der Waals surface area contributed by atoms with Gasteiger partial charge in [0.2, 0.25) is 0 Å². The molecule has 1 aromatic rings. The van der Waals surface area contributed by atoms with Crippen molar-refractivity contribution in [2.45, 2.75) is 36.7 Å². The quantitative estimate of drug-likeness (QED) is 0.820. The predicted octanol–water partition coefficient (Wildman–Crippen LogP) is 2.20. The maximum atomic E-state index is 10.6. The average molecular weight is 286 g/mol. The van der Waals surface area contributed by atoms with Crippen molar-refractivity contribution in [3.63, 3.8) is 0 Å². The second-order valence-corrected chi connectivity index (χ2v) is 6.92. The molecule has 2 bridgehead atoms. The Morgan fingerprint density at radius 2 is 2.14 bits per heavy atom. The summed E-state index contributed by atoms with van der Waals surface area (Å²) >= 11 is 0. The van der Waals surface area contributed by atoms with Crippen molar-refractivity contribution in [2.24, 2.45) is 11.8 Å². The number of benzene rings is 1. The molecule has 1 saturated carbocycles. The molecule has 1 spiro atoms. The summed E-state index contributed by atoms with van der Waals surface area (Å²) in [4.78, 5) is 0. The summed E-state index contributed by atoms with van der Waals surface area (Å²) in [5.41, 5.74) is 1.82. The maximum Gasteiger partial charge on any atom is 0.119 e. The molecule has 4 atom stereocenters. The van der Waals surface area contributed by atoms with E-state index in [0.717, 1.165) is 31.4 Å². The van der Waals surface area contributed by atoms with Gasteiger partial charge in [-0.1, -0.05) is 18.2 Å². The molecule has 3 heteroatoms. The highest BCUT2D eigenvalue weighted by Crippen LogP contribution is 2.59. The molecule has 0 aliphatic heterocycles. The first-order chi connectivity index (χ1) is 10.1. The molecule has 3 nitrogen and oxygen atoms in total. The summed E-state index contributed by atoms with van der Waals surface area (Å²) in [5, 5.41) is 20.1. The monoisotopic (exact) mass is 286 g/mol. The van der Waals surface area contributed by atoms with E-state index in [0.29, 0.717) is 5.92 Å². The number of rotatable bonds is 2. The van der Waals surface area contributed by atoms with Gasteiger partial charge in [-0.15, -0.1) is 0 Å². The Bertz CT molecular complexity index is 608. The Kier molecular flexibility index (Phi) is 2.76. The van der Waals surface area contributed by atoms with Gasteiger partial charge in [-0.3, -0.25) is 0 Å². The van der Waals surface area contributed by atoms with Gasteiger partial charge in [-0.25, -0.2) is 0 Å². The maximum absolute atomic E-state index is 10.6. The number of allylic oxidation sites excluding steroid dienone is 1. The van der Waals surface area contributed by atoms with E-state index in [1.54, 1.807) is 7.11 Å². The van der Waals surface area contributed by atoms with E-state index in [2.05, 4.69) is 18.2 Å². The van der Waals surface area contributed by atoms with E-state index in [1.807, 2.05) is 12.1 Å². The van der Waals surface area contributed by atoms with Gasteiger partial charge in [0.05, 0.1) is 13.7 Å². The van der Waals surface area contributed by atoms with Gasteiger partial charge in [0.15, 0.2) is 0 Å². The molecule has 1 fully saturated rings. The highest BCUT2D eigenvalue weighted by atomic mass is 16.5. The molecular formula is C18H22O3. The smallest absolute Gasteiger partial charge is 0.119 e. The molecule has 3 aliphatic carbocycles. The van der Waals surface area contributed by atoms with Crippen LogP contribution in [0.25, 0.3) is 0 Å². The standard InChI is InChI=1S/C18H22O3/c1-21-15-4-5-16-12(8-15)2-3-13-9-14-10-17(13,16)6-7-18(14,20)11-19/h4-8,13-14,19-20H,2-3,9-11H2,1H3/t13-,14+,17-,18-/m0/s1. The minimum atomic E-state index is -1.02. The van der Waals surface area contributed by atoms with E-state index in [-0.39, 0.29) is 17.9 Å². The van der Waals surface area contributed by atoms with Crippen LogP contribution in [0.4, 0.5) is 0 Å². The van der Waals surface area contributed by atoms with Gasteiger partial charge in [0.1, 0.15) is 11.4 Å². The number of fused-ring (bicyclic) bond motifs is 2. The van der Waals surface area contributed by atoms with Crippen LogP contribution in [0.2, 0.25) is 0 Å². The molecule has 3 aliphatic rings. The molecule has 0 saturated heterocycles. The third-order valence-corrected chi connectivity index (χ3v) is 6.09. The number of hydrogen-bond acceptors (Lipinski definition) is 3. The zero-order valence-electron chi connectivity index (χ0n) is 12.4. The minimum absolute atomic E-state index is 0.0614. The van der Waals surface area contributed by atoms with Crippen molar-refractivity contribution >= 4 is 0 Å². The van der Waals surface area contributed by atoms with Crippen LogP contribution in [0.15, 0.2) is 30.4 Å². The molecular weight excluding hydrogens is 264 g/mol. The lowest BCUT2D eigenvalue weighted by atomic mass is 9.63. The number of aliphatic hydroxyl groups is 2. The summed E-state index contributed by atoms with van der Waals surface area (Å²) < 4.78 is 5.35. The van der Waals surface area contributed by atoms with E-state index >= 15 is 0 Å². The first-order valence-electron chi connectivity index (χ1n) is 7.82. The Morgan fingerprint density at radius 3 is 2.90 bits per heavy atom. The van der Waals surface area contributed by atoms with Gasteiger partial charge in [-0.05, 0) is 60.8 Å². The Hall–Kier alpha value is -1.32. The summed E-state index contributed by atoms with van der Waals surface area (Å²) in [6, 6.07) is 6.41. The van der Waals surface area contributed by atoms with Crippen molar-refractivity contribution in [1.29, 1.82) is 0 Å². The fourth-order valence-corrected chi connectivity index (χ4v) is 4.89. The average Bonchev–Trinajstić information content (AvgIpc) is 2.87. The summed E-state index contributed by atoms with van der Waals surface area (Å²) in [7, 11) is 1.71. The second-order valence-electron chi connectivity index (χ2n) is 6.92. The van der Waals surface area contributed by atoms with Gasteiger partial charge >= 0.3 is 0 Å². The molecule has 1 aromatic carbocycles. The van der Waals surface area contributed by atoms with Crippen LogP contribution in [-0.4, -0.2) is 29.5 Å². The van der Waals surface area contributed by atoms with Crippen LogP contribution in [0.5, 0.6) is 5.75 Å². The van der Waals surface area contributed by atoms with Crippen molar-refractivity contribution < 1.29 is 14.9 Å². The molecule has 0 radical (unpaired) electrons. The van der Waals surface area contributed by atoms with Crippen molar-refractivity contribution in [2.75, 3.05) is 13.7 Å². The molecule has 21 heavy (non-hydrogen) atoms. The summed E-state index contributed by atoms with van der Waals surface area (Å²) in [6.07, 6.45) is 8.24. The van der Waals surface area contributed by atoms with Crippen molar-refractivity contribution in [3.05, 3.63) is 41.5 Å². The summed E-state index contributed by atoms with van der Waals surface area (Å²) in [6.45, 7) is -0.174. The number of methoxy groups -OCH3 is 1. The Morgan fingerprint density at radius 1 is 1.29 bits per heavy atom. The van der Waals surface area contributed by atoms with Gasteiger partial charge < -0.3 is 14.9 Å². The number of hydrogen-bond donors (Lipinski definition) is 2. The molecule has 4 rings (SSSR count). The minimum Gasteiger partial charge on any atom is -0.497 e. The fraction of sp³-hybridized carbons (Fsp3) is 0.556. The molecule has 112 valence electrons. The largest absolute Gasteiger partial charge is 0.497 e. The Balaban J connectivity index is 1.83. The molecule has 0 amide bonds. The van der Waals surface area contributed by atoms with Gasteiger partial charge in [0.25, 0.3) is 0 Å². The van der Waals surface area contributed by atoms with Crippen LogP contribution >= 0.6 is 0 Å². The van der Waals surface area contributed by atoms with Crippen LogP contribution in [0.3, 0.4) is 0 Å². The molecule has 0 aromatic heterocycles. The number of aliphatic hydroxyl groups excluding tert-OH is 1. The first-order valence-corrected chi connectivity index (χ1v) is 7.82. The zero-order chi connectivity index (χ0) is 14.7. The van der Waals surface area contributed by atoms with E-state index in [9.17, 15) is 10.2 Å². The number of aryl methyl sites for hydroxylation is 1. The summed E-state index contributed by atoms with van der Waals surface area (Å²) in [5.74, 6) is 1.68. The van der Waals surface area contributed by atoms with Crippen LogP contribution in [0.1, 0.15) is 30.4 Å². The Labute approximate surface area is 125 Å². The topological polar surface area (TPSA) is 49.7 Å². The molecule has 0 unspecified atom stereocenters. The second kappa shape index (κ2) is 4.34. The predicted molar refractivity (Wildman–Crippen MR) is 80.4 cm³/mol. The zero-order valence-corrected chi connectivity index (χ0v) is 12.4. The first kappa shape index (κ1) is 13.4. The van der Waals surface area contributed by atoms with Gasteiger partial charge in [0, 0.05) is 5.41 Å². The van der Waals surface area contributed by atoms with Crippen LogP contribution in [0, 0.1) is 11.8 Å². The van der Waals surface area contributed by atoms with Crippen LogP contribution in [-0.2, 0) is 11.8 Å². The highest BCUT2D eigenvalue weighted by molar-refractivity contribution is 5.48. The fourth-order valence-electron chi connectivity index (χ4n) is 4.89. The van der Waals surface area contributed by atoms with E-state index in [1.165, 1.54) is 11.1 Å². The van der Waals surface area contributed by atoms with Crippen LogP contribution < -0.4 is 4.74 Å². The molecule has 0 heterocycles. The van der Waals surface area contributed by atoms with E-state index in [4.69, 9.17) is 4.74 Å². The lowest BCUT2D eigenvalue weighted by molar-refractivity contribution is -0.0250. The lowest BCUT2D eigenvalue weighted by Gasteiger charge is -2.42. The molecule has 2 N–H and O–H groups in total. The SMILES string of the molecule is COc1ccc2c(c1)CC[C@H]1C[C@@H]3C[C@]21C=C[C@]3(O)CO. The van der Waals surface area contributed by atoms with Crippen molar-refractivity contribution in [1.82, 2.24) is 0 Å². The third kappa shape index (κ3) is 1.68. The third-order valence-electron chi connectivity index (χ3n) is 6.09. The van der Waals surface area contributed by atoms with Gasteiger partial charge in [-0.2, -0.15) is 0 Å². The highest BCUT2D eigenvalue weighted by Gasteiger charge is 2.56. The van der Waals surface area contributed by atoms with E-state index < -0.39 is 5.60 Å². The van der Waals surface area contributed by atoms with Crippen molar-refractivity contribution in [3.8, 4) is 5.75 Å².